The van der Waals surface area contributed by atoms with Gasteiger partial charge in [-0.3, -0.25) is 4.99 Å². The summed E-state index contributed by atoms with van der Waals surface area (Å²) in [6.45, 7) is 3.80. The van der Waals surface area contributed by atoms with Gasteiger partial charge < -0.3 is 15.0 Å². The molecule has 0 aromatic carbocycles. The first-order valence-electron chi connectivity index (χ1n) is 6.91. The summed E-state index contributed by atoms with van der Waals surface area (Å²) >= 11 is 7.57. The third kappa shape index (κ3) is 5.92. The topological polar surface area (TPSA) is 36.9 Å². The Bertz CT molecular complexity index is 455. The van der Waals surface area contributed by atoms with Crippen LogP contribution in [0, 0.1) is 5.92 Å². The Balaban J connectivity index is 0.00000220. The zero-order valence-electron chi connectivity index (χ0n) is 12.5. The molecule has 1 atom stereocenters. The molecule has 1 aromatic heterocycles. The third-order valence-corrected chi connectivity index (χ3v) is 4.77. The number of rotatable bonds is 5. The molecule has 0 bridgehead atoms. The minimum atomic E-state index is 0. The van der Waals surface area contributed by atoms with Gasteiger partial charge in [-0.25, -0.2) is 0 Å². The van der Waals surface area contributed by atoms with Gasteiger partial charge in [0.15, 0.2) is 5.96 Å². The molecule has 0 amide bonds. The van der Waals surface area contributed by atoms with Crippen LogP contribution in [0.5, 0.6) is 0 Å². The quantitative estimate of drug-likeness (QED) is 0.432. The van der Waals surface area contributed by atoms with Crippen molar-refractivity contribution in [3.63, 3.8) is 0 Å². The number of likely N-dealkylation sites (tertiary alicyclic amines) is 1. The Labute approximate surface area is 152 Å². The highest BCUT2D eigenvalue weighted by Gasteiger charge is 2.24. The van der Waals surface area contributed by atoms with Crippen molar-refractivity contribution in [3.05, 3.63) is 21.3 Å². The van der Waals surface area contributed by atoms with Crippen LogP contribution in [-0.4, -0.2) is 51.3 Å². The average molecular weight is 444 g/mol. The molecule has 1 aliphatic rings. The number of halogens is 2. The summed E-state index contributed by atoms with van der Waals surface area (Å²) in [6, 6.07) is 4.04. The molecule has 0 aliphatic carbocycles. The van der Waals surface area contributed by atoms with Gasteiger partial charge in [0.25, 0.3) is 0 Å². The number of ether oxygens (including phenoxy) is 1. The highest BCUT2D eigenvalue weighted by Crippen LogP contribution is 2.21. The average Bonchev–Trinajstić information content (AvgIpc) is 3.05. The van der Waals surface area contributed by atoms with Crippen LogP contribution < -0.4 is 5.32 Å². The molecule has 4 nitrogen and oxygen atoms in total. The van der Waals surface area contributed by atoms with Crippen molar-refractivity contribution in [1.82, 2.24) is 10.2 Å². The molecule has 1 unspecified atom stereocenters. The number of methoxy groups -OCH3 is 1. The van der Waals surface area contributed by atoms with Gasteiger partial charge in [0.1, 0.15) is 0 Å². The van der Waals surface area contributed by atoms with Gasteiger partial charge in [-0.15, -0.1) is 35.3 Å². The third-order valence-electron chi connectivity index (χ3n) is 3.48. The lowest BCUT2D eigenvalue weighted by atomic mass is 10.1. The second kappa shape index (κ2) is 9.86. The second-order valence-electron chi connectivity index (χ2n) is 4.99. The van der Waals surface area contributed by atoms with E-state index in [9.17, 15) is 0 Å². The van der Waals surface area contributed by atoms with E-state index < -0.39 is 0 Å². The molecular weight excluding hydrogens is 421 g/mol. The predicted molar refractivity (Wildman–Crippen MR) is 101 cm³/mol. The molecular formula is C14H23ClIN3OS. The van der Waals surface area contributed by atoms with Crippen molar-refractivity contribution in [2.75, 3.05) is 40.4 Å². The number of nitrogens with one attached hydrogen (secondary N) is 1. The second-order valence-corrected chi connectivity index (χ2v) is 6.79. The Morgan fingerprint density at radius 2 is 2.38 bits per heavy atom. The highest BCUT2D eigenvalue weighted by atomic mass is 127. The zero-order chi connectivity index (χ0) is 14.4. The molecule has 120 valence electrons. The summed E-state index contributed by atoms with van der Waals surface area (Å²) in [5.74, 6) is 1.61. The number of hydrogen-bond donors (Lipinski definition) is 1. The van der Waals surface area contributed by atoms with Gasteiger partial charge in [0.2, 0.25) is 0 Å². The van der Waals surface area contributed by atoms with E-state index >= 15 is 0 Å². The summed E-state index contributed by atoms with van der Waals surface area (Å²) in [7, 11) is 3.61. The number of thiophene rings is 1. The minimum Gasteiger partial charge on any atom is -0.384 e. The lowest BCUT2D eigenvalue weighted by Gasteiger charge is -2.21. The Morgan fingerprint density at radius 1 is 1.57 bits per heavy atom. The number of aliphatic imine (C=N–C) groups is 1. The van der Waals surface area contributed by atoms with Crippen molar-refractivity contribution in [3.8, 4) is 0 Å². The first-order chi connectivity index (χ1) is 9.72. The van der Waals surface area contributed by atoms with E-state index in [1.807, 2.05) is 13.1 Å². The van der Waals surface area contributed by atoms with Crippen molar-refractivity contribution in [2.24, 2.45) is 10.9 Å². The maximum absolute atomic E-state index is 5.93. The number of guanidine groups is 1. The molecule has 1 saturated heterocycles. The van der Waals surface area contributed by atoms with Crippen molar-refractivity contribution in [2.45, 2.75) is 12.8 Å². The SMILES string of the molecule is CN=C(NCCc1ccc(Cl)s1)N1CCC(COC)C1.I. The summed E-state index contributed by atoms with van der Waals surface area (Å²) in [5.41, 5.74) is 0. The van der Waals surface area contributed by atoms with Crippen LogP contribution in [0.25, 0.3) is 0 Å². The molecule has 0 saturated carbocycles. The van der Waals surface area contributed by atoms with Crippen molar-refractivity contribution >= 4 is 52.9 Å². The maximum atomic E-state index is 5.93. The molecule has 0 spiro atoms. The van der Waals surface area contributed by atoms with E-state index in [2.05, 4.69) is 21.3 Å². The maximum Gasteiger partial charge on any atom is 0.193 e. The fourth-order valence-electron chi connectivity index (χ4n) is 2.51. The van der Waals surface area contributed by atoms with Crippen LogP contribution in [0.1, 0.15) is 11.3 Å². The molecule has 2 rings (SSSR count). The van der Waals surface area contributed by atoms with Gasteiger partial charge in [-0.05, 0) is 25.0 Å². The largest absolute Gasteiger partial charge is 0.384 e. The van der Waals surface area contributed by atoms with Crippen LogP contribution in [0.2, 0.25) is 4.34 Å². The van der Waals surface area contributed by atoms with E-state index in [4.69, 9.17) is 16.3 Å². The lowest BCUT2D eigenvalue weighted by Crippen LogP contribution is -2.41. The highest BCUT2D eigenvalue weighted by molar-refractivity contribution is 14.0. The van der Waals surface area contributed by atoms with E-state index in [1.54, 1.807) is 18.4 Å². The molecule has 1 aliphatic heterocycles. The van der Waals surface area contributed by atoms with Gasteiger partial charge in [0.05, 0.1) is 10.9 Å². The van der Waals surface area contributed by atoms with Gasteiger partial charge >= 0.3 is 0 Å². The molecule has 2 heterocycles. The van der Waals surface area contributed by atoms with E-state index in [0.717, 1.165) is 43.0 Å². The lowest BCUT2D eigenvalue weighted by molar-refractivity contribution is 0.157. The molecule has 0 radical (unpaired) electrons. The Hall–Kier alpha value is -0.0500. The normalized spacial score (nSPS) is 18.7. The summed E-state index contributed by atoms with van der Waals surface area (Å²) in [4.78, 5) is 7.98. The summed E-state index contributed by atoms with van der Waals surface area (Å²) in [6.07, 6.45) is 2.15. The number of hydrogen-bond acceptors (Lipinski definition) is 3. The predicted octanol–water partition coefficient (Wildman–Crippen LogP) is 3.11. The van der Waals surface area contributed by atoms with Gasteiger partial charge in [-0.2, -0.15) is 0 Å². The van der Waals surface area contributed by atoms with Crippen molar-refractivity contribution < 1.29 is 4.74 Å². The number of nitrogens with zero attached hydrogens (tertiary/aromatic N) is 2. The Morgan fingerprint density at radius 3 is 3.00 bits per heavy atom. The first kappa shape index (κ1) is 19.0. The molecule has 1 N–H and O–H groups in total. The smallest absolute Gasteiger partial charge is 0.193 e. The van der Waals surface area contributed by atoms with Gasteiger partial charge in [0, 0.05) is 44.6 Å². The van der Waals surface area contributed by atoms with Gasteiger partial charge in [-0.1, -0.05) is 11.6 Å². The summed E-state index contributed by atoms with van der Waals surface area (Å²) < 4.78 is 6.08. The molecule has 21 heavy (non-hydrogen) atoms. The minimum absolute atomic E-state index is 0. The van der Waals surface area contributed by atoms with Crippen LogP contribution >= 0.6 is 46.9 Å². The van der Waals surface area contributed by atoms with Crippen LogP contribution in [0.15, 0.2) is 17.1 Å². The molecule has 1 fully saturated rings. The zero-order valence-corrected chi connectivity index (χ0v) is 16.4. The van der Waals surface area contributed by atoms with E-state index in [0.29, 0.717) is 5.92 Å². The van der Waals surface area contributed by atoms with Crippen LogP contribution in [-0.2, 0) is 11.2 Å². The first-order valence-corrected chi connectivity index (χ1v) is 8.11. The molecule has 1 aromatic rings. The standard InChI is InChI=1S/C14H22ClN3OS.HI/c1-16-14(18-8-6-11(9-18)10-19-2)17-7-5-12-3-4-13(15)20-12;/h3-4,11H,5-10H2,1-2H3,(H,16,17);1H. The Kier molecular flexibility index (Phi) is 8.92. The van der Waals surface area contributed by atoms with E-state index in [1.165, 1.54) is 11.3 Å². The summed E-state index contributed by atoms with van der Waals surface area (Å²) in [5, 5.41) is 3.43. The van der Waals surface area contributed by atoms with E-state index in [-0.39, 0.29) is 24.0 Å². The van der Waals surface area contributed by atoms with Crippen molar-refractivity contribution in [1.29, 1.82) is 0 Å². The monoisotopic (exact) mass is 443 g/mol. The fraction of sp³-hybridized carbons (Fsp3) is 0.643. The molecule has 7 heteroatoms. The van der Waals surface area contributed by atoms with Crippen LogP contribution in [0.4, 0.5) is 0 Å². The van der Waals surface area contributed by atoms with Crippen LogP contribution in [0.3, 0.4) is 0 Å². The fourth-order valence-corrected chi connectivity index (χ4v) is 3.60.